The molecule has 1 aromatic heterocycles. The fraction of sp³-hybridized carbons (Fsp3) is 0.333. The van der Waals surface area contributed by atoms with E-state index >= 15 is 0 Å². The maximum atomic E-state index is 11.3. The molecule has 0 atom stereocenters. The monoisotopic (exact) mass is 226 g/mol. The summed E-state index contributed by atoms with van der Waals surface area (Å²) in [6.07, 6.45) is 1.58. The molecular formula is C9H10N2O3S. The van der Waals surface area contributed by atoms with E-state index in [1.165, 1.54) is 18.7 Å². The van der Waals surface area contributed by atoms with E-state index in [4.69, 9.17) is 5.11 Å². The smallest absolute Gasteiger partial charge is 0.353 e. The van der Waals surface area contributed by atoms with Gasteiger partial charge < -0.3 is 15.0 Å². The van der Waals surface area contributed by atoms with E-state index in [-0.39, 0.29) is 11.6 Å². The van der Waals surface area contributed by atoms with Gasteiger partial charge in [-0.1, -0.05) is 0 Å². The number of carboxylic acids is 1. The molecule has 0 aromatic carbocycles. The van der Waals surface area contributed by atoms with Crippen molar-refractivity contribution in [2.75, 3.05) is 17.2 Å². The summed E-state index contributed by atoms with van der Waals surface area (Å²) >= 11 is 1.47. The van der Waals surface area contributed by atoms with Gasteiger partial charge in [-0.25, -0.2) is 4.79 Å². The van der Waals surface area contributed by atoms with Crippen molar-refractivity contribution in [3.8, 4) is 0 Å². The van der Waals surface area contributed by atoms with Crippen molar-refractivity contribution in [2.24, 2.45) is 0 Å². The number of nitrogens with zero attached hydrogens (tertiary/aromatic N) is 1. The van der Waals surface area contributed by atoms with Crippen LogP contribution in [0.25, 0.3) is 0 Å². The Hall–Kier alpha value is -1.43. The van der Waals surface area contributed by atoms with E-state index < -0.39 is 5.97 Å². The van der Waals surface area contributed by atoms with Gasteiger partial charge in [-0.15, -0.1) is 11.8 Å². The number of amides is 1. The minimum atomic E-state index is -0.992. The molecule has 1 amide bonds. The summed E-state index contributed by atoms with van der Waals surface area (Å²) in [7, 11) is 0. The zero-order valence-electron chi connectivity index (χ0n) is 8.11. The molecule has 2 rings (SSSR count). The van der Waals surface area contributed by atoms with Gasteiger partial charge in [0.15, 0.2) is 0 Å². The lowest BCUT2D eigenvalue weighted by Crippen LogP contribution is -2.33. The zero-order chi connectivity index (χ0) is 11.0. The predicted molar refractivity (Wildman–Crippen MR) is 56.5 cm³/mol. The van der Waals surface area contributed by atoms with Gasteiger partial charge in [-0.2, -0.15) is 0 Å². The van der Waals surface area contributed by atoms with Crippen LogP contribution >= 0.6 is 11.8 Å². The van der Waals surface area contributed by atoms with Gasteiger partial charge in [0.05, 0.1) is 10.6 Å². The van der Waals surface area contributed by atoms with Crippen LogP contribution in [-0.4, -0.2) is 34.3 Å². The van der Waals surface area contributed by atoms with Gasteiger partial charge >= 0.3 is 5.97 Å². The average molecular weight is 226 g/mol. The molecule has 0 bridgehead atoms. The molecule has 0 aliphatic carbocycles. The third-order valence-electron chi connectivity index (χ3n) is 2.26. The molecular weight excluding hydrogens is 216 g/mol. The number of fused-ring (bicyclic) bond motifs is 1. The Morgan fingerprint density at radius 1 is 1.60 bits per heavy atom. The predicted octanol–water partition coefficient (Wildman–Crippen LogP) is 1.17. The second-order valence-electron chi connectivity index (χ2n) is 3.20. The van der Waals surface area contributed by atoms with Crippen LogP contribution in [0.5, 0.6) is 0 Å². The van der Waals surface area contributed by atoms with Crippen LogP contribution in [0.1, 0.15) is 17.4 Å². The van der Waals surface area contributed by atoms with Crippen molar-refractivity contribution in [2.45, 2.75) is 11.8 Å². The lowest BCUT2D eigenvalue weighted by atomic mass is 10.3. The highest BCUT2D eigenvalue weighted by molar-refractivity contribution is 7.99. The maximum absolute atomic E-state index is 11.3. The Bertz CT molecular complexity index is 427. The average Bonchev–Trinajstić information content (AvgIpc) is 2.59. The molecule has 0 fully saturated rings. The van der Waals surface area contributed by atoms with Gasteiger partial charge in [0, 0.05) is 25.4 Å². The van der Waals surface area contributed by atoms with Crippen LogP contribution in [0.2, 0.25) is 0 Å². The molecule has 2 heterocycles. The second-order valence-corrected chi connectivity index (χ2v) is 4.31. The lowest BCUT2D eigenvalue weighted by Gasteiger charge is -2.25. The molecule has 6 heteroatoms. The van der Waals surface area contributed by atoms with Gasteiger partial charge in [0.1, 0.15) is 5.69 Å². The molecule has 0 spiro atoms. The number of carboxylic acid groups (broad SMARTS) is 1. The van der Waals surface area contributed by atoms with Crippen LogP contribution in [0.4, 0.5) is 5.69 Å². The lowest BCUT2D eigenvalue weighted by molar-refractivity contribution is -0.116. The third kappa shape index (κ3) is 1.61. The molecule has 1 aromatic rings. The maximum Gasteiger partial charge on any atom is 0.353 e. The van der Waals surface area contributed by atoms with E-state index in [1.54, 1.807) is 11.1 Å². The van der Waals surface area contributed by atoms with Crippen molar-refractivity contribution in [1.82, 2.24) is 4.98 Å². The quantitative estimate of drug-likeness (QED) is 0.754. The van der Waals surface area contributed by atoms with Crippen molar-refractivity contribution in [3.05, 3.63) is 11.9 Å². The number of thioether (sulfide) groups is 1. The first-order valence-corrected chi connectivity index (χ1v) is 5.45. The Balaban J connectivity index is 2.46. The molecule has 1 aliphatic rings. The number of aromatic nitrogens is 1. The molecule has 0 saturated heterocycles. The summed E-state index contributed by atoms with van der Waals surface area (Å²) in [5.74, 6) is -0.327. The molecule has 0 saturated carbocycles. The highest BCUT2D eigenvalue weighted by Gasteiger charge is 2.26. The van der Waals surface area contributed by atoms with Crippen LogP contribution in [0.3, 0.4) is 0 Å². The fourth-order valence-electron chi connectivity index (χ4n) is 1.59. The molecule has 5 nitrogen and oxygen atoms in total. The Morgan fingerprint density at radius 3 is 2.93 bits per heavy atom. The summed E-state index contributed by atoms with van der Waals surface area (Å²) in [5, 5.41) is 8.91. The fourth-order valence-corrected chi connectivity index (χ4v) is 2.68. The van der Waals surface area contributed by atoms with E-state index in [2.05, 4.69) is 4.98 Å². The third-order valence-corrected chi connectivity index (χ3v) is 3.35. The van der Waals surface area contributed by atoms with Crippen molar-refractivity contribution < 1.29 is 14.7 Å². The number of nitrogens with one attached hydrogen (secondary N) is 1. The normalized spacial score (nSPS) is 14.9. The van der Waals surface area contributed by atoms with Crippen molar-refractivity contribution >= 4 is 29.3 Å². The number of H-pyrrole nitrogens is 1. The standard InChI is InChI=1S/C9H10N2O3S/c1-5(12)11-2-3-15-8-6(11)4-10-7(8)9(13)14/h4,10H,2-3H2,1H3,(H,13,14). The zero-order valence-corrected chi connectivity index (χ0v) is 8.93. The highest BCUT2D eigenvalue weighted by atomic mass is 32.2. The number of rotatable bonds is 1. The van der Waals surface area contributed by atoms with Crippen molar-refractivity contribution in [1.29, 1.82) is 0 Å². The number of hydrogen-bond donors (Lipinski definition) is 2. The van der Waals surface area contributed by atoms with E-state index in [9.17, 15) is 9.59 Å². The summed E-state index contributed by atoms with van der Waals surface area (Å²) < 4.78 is 0. The Labute approximate surface area is 90.5 Å². The largest absolute Gasteiger partial charge is 0.477 e. The van der Waals surface area contributed by atoms with Gasteiger partial charge in [-0.3, -0.25) is 4.79 Å². The summed E-state index contributed by atoms with van der Waals surface area (Å²) in [6.45, 7) is 2.11. The molecule has 0 radical (unpaired) electrons. The van der Waals surface area contributed by atoms with Crippen molar-refractivity contribution in [3.63, 3.8) is 0 Å². The molecule has 15 heavy (non-hydrogen) atoms. The van der Waals surface area contributed by atoms with Crippen LogP contribution in [0.15, 0.2) is 11.1 Å². The summed E-state index contributed by atoms with van der Waals surface area (Å²) in [6, 6.07) is 0. The SMILES string of the molecule is CC(=O)N1CCSc2c1c[nH]c2C(=O)O. The van der Waals surface area contributed by atoms with E-state index in [1.807, 2.05) is 0 Å². The number of anilines is 1. The number of carbonyl (C=O) groups is 2. The van der Waals surface area contributed by atoms with Gasteiger partial charge in [0.25, 0.3) is 0 Å². The highest BCUT2D eigenvalue weighted by Crippen LogP contribution is 2.37. The first-order chi connectivity index (χ1) is 7.11. The summed E-state index contributed by atoms with van der Waals surface area (Å²) in [5.41, 5.74) is 0.845. The number of aromatic carboxylic acids is 1. The Kier molecular flexibility index (Phi) is 2.44. The molecule has 80 valence electrons. The minimum absolute atomic E-state index is 0.0625. The van der Waals surface area contributed by atoms with E-state index in [0.29, 0.717) is 17.1 Å². The second kappa shape index (κ2) is 3.62. The number of carbonyl (C=O) groups excluding carboxylic acids is 1. The number of hydrogen-bond acceptors (Lipinski definition) is 3. The number of aromatic amines is 1. The molecule has 2 N–H and O–H groups in total. The van der Waals surface area contributed by atoms with Gasteiger partial charge in [0.2, 0.25) is 5.91 Å². The van der Waals surface area contributed by atoms with E-state index in [0.717, 1.165) is 5.75 Å². The minimum Gasteiger partial charge on any atom is -0.477 e. The Morgan fingerprint density at radius 2 is 2.33 bits per heavy atom. The first kappa shape index (κ1) is 10.1. The molecule has 0 unspecified atom stereocenters. The van der Waals surface area contributed by atoms with Crippen LogP contribution in [0, 0.1) is 0 Å². The summed E-state index contributed by atoms with van der Waals surface area (Å²) in [4.78, 5) is 27.1. The topological polar surface area (TPSA) is 73.4 Å². The van der Waals surface area contributed by atoms with Crippen LogP contribution < -0.4 is 4.90 Å². The first-order valence-electron chi connectivity index (χ1n) is 4.47. The van der Waals surface area contributed by atoms with Gasteiger partial charge in [-0.05, 0) is 0 Å². The van der Waals surface area contributed by atoms with Crippen LogP contribution in [-0.2, 0) is 4.79 Å². The molecule has 1 aliphatic heterocycles.